The van der Waals surface area contributed by atoms with Crippen LogP contribution in [0.5, 0.6) is 0 Å². The number of sulfonamides is 1. The van der Waals surface area contributed by atoms with Gasteiger partial charge in [0.1, 0.15) is 0 Å². The SMILES string of the molecule is CN(C1CCNCC1)S(=O)(=O)c1ccccc1Br.Cl. The van der Waals surface area contributed by atoms with Crippen LogP contribution in [0.3, 0.4) is 0 Å². The standard InChI is InChI=1S/C12H17BrN2O2S.ClH/c1-15(10-6-8-14-9-7-10)18(16,17)12-5-3-2-4-11(12)13;/h2-5,10,14H,6-9H2,1H3;1H. The van der Waals surface area contributed by atoms with Crippen LogP contribution in [0, 0.1) is 0 Å². The molecule has 1 saturated heterocycles. The maximum atomic E-state index is 12.5. The van der Waals surface area contributed by atoms with Crippen LogP contribution in [0.15, 0.2) is 33.6 Å². The molecule has 0 aromatic heterocycles. The van der Waals surface area contributed by atoms with Gasteiger partial charge in [0.05, 0.1) is 4.90 Å². The zero-order chi connectivity index (χ0) is 13.2. The highest BCUT2D eigenvalue weighted by atomic mass is 79.9. The normalized spacial score (nSPS) is 17.2. The van der Waals surface area contributed by atoms with Gasteiger partial charge in [0.15, 0.2) is 0 Å². The second-order valence-corrected chi connectivity index (χ2v) is 7.25. The van der Waals surface area contributed by atoms with Gasteiger partial charge in [-0.2, -0.15) is 4.31 Å². The zero-order valence-electron chi connectivity index (χ0n) is 10.7. The van der Waals surface area contributed by atoms with Crippen LogP contribution >= 0.6 is 28.3 Å². The van der Waals surface area contributed by atoms with Crippen LogP contribution in [-0.2, 0) is 10.0 Å². The summed E-state index contributed by atoms with van der Waals surface area (Å²) in [5.74, 6) is 0. The molecule has 1 aliphatic rings. The average Bonchev–Trinajstić information content (AvgIpc) is 2.39. The lowest BCUT2D eigenvalue weighted by Gasteiger charge is -2.31. The van der Waals surface area contributed by atoms with Crippen LogP contribution in [0.1, 0.15) is 12.8 Å². The highest BCUT2D eigenvalue weighted by Crippen LogP contribution is 2.26. The van der Waals surface area contributed by atoms with Crippen LogP contribution < -0.4 is 5.32 Å². The Morgan fingerprint density at radius 3 is 2.42 bits per heavy atom. The fourth-order valence-electron chi connectivity index (χ4n) is 2.18. The Hall–Kier alpha value is -0.140. The minimum atomic E-state index is -3.41. The molecule has 1 aromatic carbocycles. The average molecular weight is 370 g/mol. The van der Waals surface area contributed by atoms with Crippen molar-refractivity contribution in [3.8, 4) is 0 Å². The number of nitrogens with zero attached hydrogens (tertiary/aromatic N) is 1. The fraction of sp³-hybridized carbons (Fsp3) is 0.500. The summed E-state index contributed by atoms with van der Waals surface area (Å²) < 4.78 is 27.2. The van der Waals surface area contributed by atoms with Gasteiger partial charge in [0, 0.05) is 17.6 Å². The summed E-state index contributed by atoms with van der Waals surface area (Å²) in [6, 6.07) is 7.03. The highest BCUT2D eigenvalue weighted by molar-refractivity contribution is 9.10. The molecule has 7 heteroatoms. The second kappa shape index (κ2) is 7.04. The van der Waals surface area contributed by atoms with Gasteiger partial charge >= 0.3 is 0 Å². The Labute approximate surface area is 129 Å². The molecule has 4 nitrogen and oxygen atoms in total. The number of hydrogen-bond donors (Lipinski definition) is 1. The molecule has 1 aromatic rings. The second-order valence-electron chi connectivity index (χ2n) is 4.43. The maximum absolute atomic E-state index is 12.5. The van der Waals surface area contributed by atoms with Crippen molar-refractivity contribution in [1.29, 1.82) is 0 Å². The van der Waals surface area contributed by atoms with E-state index in [4.69, 9.17) is 0 Å². The van der Waals surface area contributed by atoms with Gasteiger partial charge in [-0.15, -0.1) is 12.4 Å². The third-order valence-electron chi connectivity index (χ3n) is 3.32. The largest absolute Gasteiger partial charge is 0.317 e. The minimum absolute atomic E-state index is 0. The molecular weight excluding hydrogens is 352 g/mol. The molecular formula is C12H18BrClN2O2S. The van der Waals surface area contributed by atoms with Crippen molar-refractivity contribution < 1.29 is 8.42 Å². The summed E-state index contributed by atoms with van der Waals surface area (Å²) in [7, 11) is -1.74. The summed E-state index contributed by atoms with van der Waals surface area (Å²) in [6.45, 7) is 1.75. The molecule has 1 fully saturated rings. The summed E-state index contributed by atoms with van der Waals surface area (Å²) in [5, 5.41) is 3.24. The number of benzene rings is 1. The Kier molecular flexibility index (Phi) is 6.26. The van der Waals surface area contributed by atoms with Gasteiger partial charge in [-0.25, -0.2) is 8.42 Å². The highest BCUT2D eigenvalue weighted by Gasteiger charge is 2.29. The molecule has 0 spiro atoms. The number of nitrogens with one attached hydrogen (secondary N) is 1. The van der Waals surface area contributed by atoms with Gasteiger partial charge in [-0.1, -0.05) is 12.1 Å². The van der Waals surface area contributed by atoms with Crippen molar-refractivity contribution in [3.05, 3.63) is 28.7 Å². The summed E-state index contributed by atoms with van der Waals surface area (Å²) in [5.41, 5.74) is 0. The van der Waals surface area contributed by atoms with E-state index in [0.29, 0.717) is 9.37 Å². The van der Waals surface area contributed by atoms with Crippen molar-refractivity contribution in [3.63, 3.8) is 0 Å². The van der Waals surface area contributed by atoms with Crippen LogP contribution in [0.25, 0.3) is 0 Å². The molecule has 0 saturated carbocycles. The van der Waals surface area contributed by atoms with Crippen LogP contribution in [0.4, 0.5) is 0 Å². The Morgan fingerprint density at radius 1 is 1.26 bits per heavy atom. The quantitative estimate of drug-likeness (QED) is 0.889. The molecule has 0 radical (unpaired) electrons. The number of piperidine rings is 1. The van der Waals surface area contributed by atoms with Gasteiger partial charge < -0.3 is 5.32 Å². The van der Waals surface area contributed by atoms with Gasteiger partial charge in [0.2, 0.25) is 10.0 Å². The summed E-state index contributed by atoms with van der Waals surface area (Å²) in [4.78, 5) is 0.339. The molecule has 19 heavy (non-hydrogen) atoms. The Bertz CT molecular complexity index is 518. The lowest BCUT2D eigenvalue weighted by Crippen LogP contribution is -2.43. The molecule has 1 aliphatic heterocycles. The van der Waals surface area contributed by atoms with Crippen molar-refractivity contribution >= 4 is 38.4 Å². The lowest BCUT2D eigenvalue weighted by atomic mass is 10.1. The van der Waals surface area contributed by atoms with E-state index in [1.165, 1.54) is 4.31 Å². The Morgan fingerprint density at radius 2 is 1.84 bits per heavy atom. The molecule has 0 unspecified atom stereocenters. The van der Waals surface area contributed by atoms with Gasteiger partial charge in [-0.05, 0) is 54.0 Å². The third-order valence-corrected chi connectivity index (χ3v) is 6.24. The van der Waals surface area contributed by atoms with Gasteiger partial charge in [0.25, 0.3) is 0 Å². The van der Waals surface area contributed by atoms with E-state index in [1.807, 2.05) is 6.07 Å². The van der Waals surface area contributed by atoms with E-state index in [2.05, 4.69) is 21.2 Å². The monoisotopic (exact) mass is 368 g/mol. The number of halogens is 2. The molecule has 108 valence electrons. The molecule has 0 amide bonds. The lowest BCUT2D eigenvalue weighted by molar-refractivity contribution is 0.296. The van der Waals surface area contributed by atoms with Crippen molar-refractivity contribution in [2.24, 2.45) is 0 Å². The first-order valence-corrected chi connectivity index (χ1v) is 8.20. The molecule has 2 rings (SSSR count). The van der Waals surface area contributed by atoms with E-state index in [9.17, 15) is 8.42 Å². The van der Waals surface area contributed by atoms with E-state index < -0.39 is 10.0 Å². The molecule has 0 bridgehead atoms. The fourth-order valence-corrected chi connectivity index (χ4v) is 4.55. The zero-order valence-corrected chi connectivity index (χ0v) is 13.9. The predicted molar refractivity (Wildman–Crippen MR) is 82.2 cm³/mol. The minimum Gasteiger partial charge on any atom is -0.317 e. The third kappa shape index (κ3) is 3.70. The van der Waals surface area contributed by atoms with E-state index >= 15 is 0 Å². The Balaban J connectivity index is 0.00000180. The molecule has 0 atom stereocenters. The topological polar surface area (TPSA) is 49.4 Å². The maximum Gasteiger partial charge on any atom is 0.244 e. The van der Waals surface area contributed by atoms with E-state index in [0.717, 1.165) is 25.9 Å². The number of rotatable bonds is 3. The first kappa shape index (κ1) is 16.9. The first-order chi connectivity index (χ1) is 8.53. The molecule has 1 heterocycles. The van der Waals surface area contributed by atoms with Crippen LogP contribution in [0.2, 0.25) is 0 Å². The van der Waals surface area contributed by atoms with Crippen molar-refractivity contribution in [1.82, 2.24) is 9.62 Å². The molecule has 0 aliphatic carbocycles. The van der Waals surface area contributed by atoms with Gasteiger partial charge in [-0.3, -0.25) is 0 Å². The van der Waals surface area contributed by atoms with Crippen molar-refractivity contribution in [2.45, 2.75) is 23.8 Å². The first-order valence-electron chi connectivity index (χ1n) is 5.97. The van der Waals surface area contributed by atoms with Crippen molar-refractivity contribution in [2.75, 3.05) is 20.1 Å². The number of hydrogen-bond acceptors (Lipinski definition) is 3. The van der Waals surface area contributed by atoms with Crippen LogP contribution in [-0.4, -0.2) is 38.9 Å². The molecule has 1 N–H and O–H groups in total. The smallest absolute Gasteiger partial charge is 0.244 e. The predicted octanol–water partition coefficient (Wildman–Crippen LogP) is 2.24. The summed E-state index contributed by atoms with van der Waals surface area (Å²) in [6.07, 6.45) is 1.72. The van der Waals surface area contributed by atoms with E-state index in [1.54, 1.807) is 25.2 Å². The van der Waals surface area contributed by atoms with E-state index in [-0.39, 0.29) is 18.4 Å². The summed E-state index contributed by atoms with van der Waals surface area (Å²) >= 11 is 3.31.